The van der Waals surface area contributed by atoms with E-state index in [1.807, 2.05) is 0 Å². The van der Waals surface area contributed by atoms with E-state index < -0.39 is 0 Å². The second kappa shape index (κ2) is 4.11. The highest BCUT2D eigenvalue weighted by atomic mass is 15.3. The summed E-state index contributed by atoms with van der Waals surface area (Å²) in [5, 5.41) is 3.42. The lowest BCUT2D eigenvalue weighted by Gasteiger charge is -2.29. The lowest BCUT2D eigenvalue weighted by molar-refractivity contribution is 0.202. The number of hydrogen-bond acceptors (Lipinski definition) is 2. The number of hydrogen-bond donors (Lipinski definition) is 1. The zero-order chi connectivity index (χ0) is 11.9. The molecular formula is C15H22N2. The van der Waals surface area contributed by atoms with Crippen molar-refractivity contribution in [3.05, 3.63) is 35.9 Å². The molecule has 92 valence electrons. The molecule has 0 amide bonds. The Bertz CT molecular complexity index is 389. The molecule has 1 aromatic rings. The molecule has 0 aromatic heterocycles. The smallest absolute Gasteiger partial charge is 0.0490 e. The molecule has 0 spiro atoms. The monoisotopic (exact) mass is 230 g/mol. The quantitative estimate of drug-likeness (QED) is 0.856. The van der Waals surface area contributed by atoms with E-state index in [1.54, 1.807) is 0 Å². The Morgan fingerprint density at radius 2 is 2.00 bits per heavy atom. The van der Waals surface area contributed by atoms with Crippen LogP contribution in [0.3, 0.4) is 0 Å². The molecule has 2 heteroatoms. The molecule has 1 aliphatic heterocycles. The molecule has 1 saturated heterocycles. The van der Waals surface area contributed by atoms with Gasteiger partial charge in [0, 0.05) is 24.7 Å². The molecule has 3 rings (SSSR count). The maximum Gasteiger partial charge on any atom is 0.0490 e. The zero-order valence-corrected chi connectivity index (χ0v) is 10.8. The van der Waals surface area contributed by atoms with Gasteiger partial charge in [-0.1, -0.05) is 37.3 Å². The number of rotatable bonds is 3. The van der Waals surface area contributed by atoms with Gasteiger partial charge in [0.15, 0.2) is 0 Å². The van der Waals surface area contributed by atoms with Crippen molar-refractivity contribution in [3.8, 4) is 0 Å². The van der Waals surface area contributed by atoms with Crippen molar-refractivity contribution in [2.45, 2.75) is 31.3 Å². The summed E-state index contributed by atoms with van der Waals surface area (Å²) in [5.41, 5.74) is 1.87. The zero-order valence-electron chi connectivity index (χ0n) is 10.8. The van der Waals surface area contributed by atoms with E-state index in [9.17, 15) is 0 Å². The van der Waals surface area contributed by atoms with Crippen molar-refractivity contribution in [2.24, 2.45) is 5.92 Å². The van der Waals surface area contributed by atoms with E-state index in [1.165, 1.54) is 31.5 Å². The van der Waals surface area contributed by atoms with Crippen LogP contribution in [-0.2, 0) is 5.54 Å². The first kappa shape index (κ1) is 11.2. The van der Waals surface area contributed by atoms with E-state index in [0.717, 1.165) is 5.92 Å². The highest BCUT2D eigenvalue weighted by Crippen LogP contribution is 2.57. The van der Waals surface area contributed by atoms with Gasteiger partial charge >= 0.3 is 0 Å². The molecule has 17 heavy (non-hydrogen) atoms. The van der Waals surface area contributed by atoms with Crippen LogP contribution in [0.4, 0.5) is 0 Å². The topological polar surface area (TPSA) is 15.3 Å². The van der Waals surface area contributed by atoms with Gasteiger partial charge < -0.3 is 5.32 Å². The minimum absolute atomic E-state index is 0.354. The molecule has 2 aliphatic rings. The molecule has 1 aliphatic carbocycles. The normalized spacial score (nSPS) is 37.3. The van der Waals surface area contributed by atoms with Gasteiger partial charge in [0.05, 0.1) is 0 Å². The van der Waals surface area contributed by atoms with Crippen molar-refractivity contribution in [1.82, 2.24) is 10.2 Å². The fourth-order valence-electron chi connectivity index (χ4n) is 3.52. The highest BCUT2D eigenvalue weighted by Gasteiger charge is 2.57. The Morgan fingerprint density at radius 3 is 2.53 bits per heavy atom. The van der Waals surface area contributed by atoms with Gasteiger partial charge in [0.2, 0.25) is 0 Å². The lowest BCUT2D eigenvalue weighted by Crippen LogP contribution is -2.37. The molecule has 2 nitrogen and oxygen atoms in total. The lowest BCUT2D eigenvalue weighted by atomic mass is 10.0. The maximum absolute atomic E-state index is 3.42. The van der Waals surface area contributed by atoms with Crippen molar-refractivity contribution >= 4 is 0 Å². The fourth-order valence-corrected chi connectivity index (χ4v) is 3.52. The number of nitrogens with zero attached hydrogens (tertiary/aromatic N) is 1. The molecular weight excluding hydrogens is 208 g/mol. The molecule has 1 aromatic carbocycles. The van der Waals surface area contributed by atoms with Gasteiger partial charge in [0.1, 0.15) is 0 Å². The second-order valence-electron chi connectivity index (χ2n) is 5.62. The predicted molar refractivity (Wildman–Crippen MR) is 70.9 cm³/mol. The van der Waals surface area contributed by atoms with Crippen molar-refractivity contribution in [2.75, 3.05) is 20.1 Å². The SMILES string of the molecule is CN[C@H]1CCN(C2(c3ccccc3)C[C@@H]2C)C1. The van der Waals surface area contributed by atoms with E-state index in [0.29, 0.717) is 11.6 Å². The Balaban J connectivity index is 1.85. The van der Waals surface area contributed by atoms with Crippen molar-refractivity contribution < 1.29 is 0 Å². The summed E-state index contributed by atoms with van der Waals surface area (Å²) in [5.74, 6) is 0.806. The third-order valence-corrected chi connectivity index (χ3v) is 4.71. The van der Waals surface area contributed by atoms with Gasteiger partial charge in [-0.3, -0.25) is 4.90 Å². The first-order chi connectivity index (χ1) is 8.27. The van der Waals surface area contributed by atoms with E-state index in [4.69, 9.17) is 0 Å². The minimum atomic E-state index is 0.354. The molecule has 2 fully saturated rings. The summed E-state index contributed by atoms with van der Waals surface area (Å²) in [6.07, 6.45) is 2.62. The van der Waals surface area contributed by atoms with Crippen LogP contribution in [0.2, 0.25) is 0 Å². The van der Waals surface area contributed by atoms with Gasteiger partial charge in [-0.2, -0.15) is 0 Å². The summed E-state index contributed by atoms with van der Waals surface area (Å²) in [6, 6.07) is 11.8. The number of likely N-dealkylation sites (N-methyl/N-ethyl adjacent to an activating group) is 1. The molecule has 1 N–H and O–H groups in total. The summed E-state index contributed by atoms with van der Waals surface area (Å²) in [6.45, 7) is 4.83. The average Bonchev–Trinajstić information content (AvgIpc) is 2.86. The Hall–Kier alpha value is -0.860. The number of likely N-dealkylation sites (tertiary alicyclic amines) is 1. The molecule has 1 heterocycles. The molecule has 3 atom stereocenters. The van der Waals surface area contributed by atoms with Crippen LogP contribution in [0.1, 0.15) is 25.3 Å². The molecule has 0 bridgehead atoms. The predicted octanol–water partition coefficient (Wildman–Crippen LogP) is 2.22. The Kier molecular flexibility index (Phi) is 2.72. The summed E-state index contributed by atoms with van der Waals surface area (Å²) in [7, 11) is 2.08. The van der Waals surface area contributed by atoms with Crippen LogP contribution in [0.25, 0.3) is 0 Å². The standard InChI is InChI=1S/C15H22N2/c1-12-10-15(12,13-6-4-3-5-7-13)17-9-8-14(11-17)16-2/h3-7,12,14,16H,8-11H2,1-2H3/t12-,14-,15?/m0/s1. The molecule has 1 unspecified atom stereocenters. The third-order valence-electron chi connectivity index (χ3n) is 4.71. The van der Waals surface area contributed by atoms with Gasteiger partial charge in [-0.25, -0.2) is 0 Å². The van der Waals surface area contributed by atoms with Crippen LogP contribution in [0, 0.1) is 5.92 Å². The van der Waals surface area contributed by atoms with Crippen LogP contribution in [-0.4, -0.2) is 31.1 Å². The average molecular weight is 230 g/mol. The van der Waals surface area contributed by atoms with E-state index >= 15 is 0 Å². The van der Waals surface area contributed by atoms with E-state index in [2.05, 4.69) is 54.5 Å². The van der Waals surface area contributed by atoms with Crippen LogP contribution in [0.5, 0.6) is 0 Å². The Labute approximate surface area is 104 Å². The van der Waals surface area contributed by atoms with Crippen molar-refractivity contribution in [1.29, 1.82) is 0 Å². The van der Waals surface area contributed by atoms with Crippen LogP contribution in [0.15, 0.2) is 30.3 Å². The molecule has 1 saturated carbocycles. The second-order valence-corrected chi connectivity index (χ2v) is 5.62. The van der Waals surface area contributed by atoms with Crippen LogP contribution < -0.4 is 5.32 Å². The number of nitrogens with one attached hydrogen (secondary N) is 1. The maximum atomic E-state index is 3.42. The fraction of sp³-hybridized carbons (Fsp3) is 0.600. The largest absolute Gasteiger partial charge is 0.316 e. The van der Waals surface area contributed by atoms with Crippen LogP contribution >= 0.6 is 0 Å². The minimum Gasteiger partial charge on any atom is -0.316 e. The highest BCUT2D eigenvalue weighted by molar-refractivity contribution is 5.32. The van der Waals surface area contributed by atoms with E-state index in [-0.39, 0.29) is 0 Å². The first-order valence-corrected chi connectivity index (χ1v) is 6.75. The summed E-state index contributed by atoms with van der Waals surface area (Å²) < 4.78 is 0. The summed E-state index contributed by atoms with van der Waals surface area (Å²) >= 11 is 0. The third kappa shape index (κ3) is 1.71. The Morgan fingerprint density at radius 1 is 1.29 bits per heavy atom. The first-order valence-electron chi connectivity index (χ1n) is 6.75. The van der Waals surface area contributed by atoms with Crippen molar-refractivity contribution in [3.63, 3.8) is 0 Å². The number of benzene rings is 1. The van der Waals surface area contributed by atoms with Gasteiger partial charge in [0.25, 0.3) is 0 Å². The summed E-state index contributed by atoms with van der Waals surface area (Å²) in [4.78, 5) is 2.70. The molecule has 0 radical (unpaired) electrons. The van der Waals surface area contributed by atoms with Gasteiger partial charge in [-0.15, -0.1) is 0 Å². The van der Waals surface area contributed by atoms with Gasteiger partial charge in [-0.05, 0) is 31.4 Å².